The summed E-state index contributed by atoms with van der Waals surface area (Å²) in [5.41, 5.74) is 1.03. The Bertz CT molecular complexity index is 532. The number of ether oxygens (including phenoxy) is 1. The van der Waals surface area contributed by atoms with Crippen LogP contribution in [0.1, 0.15) is 37.0 Å². The molecule has 114 valence electrons. The number of carbonyl (C=O) groups is 1. The van der Waals surface area contributed by atoms with Crippen molar-refractivity contribution >= 4 is 17.7 Å². The normalized spacial score (nSPS) is 22.1. The van der Waals surface area contributed by atoms with E-state index in [1.54, 1.807) is 6.07 Å². The van der Waals surface area contributed by atoms with E-state index in [1.165, 1.54) is 12.1 Å². The summed E-state index contributed by atoms with van der Waals surface area (Å²) in [5.74, 6) is 0. The van der Waals surface area contributed by atoms with Crippen LogP contribution < -0.4 is 4.90 Å². The van der Waals surface area contributed by atoms with E-state index in [9.17, 15) is 14.9 Å². The molecule has 0 radical (unpaired) electrons. The average molecular weight is 292 g/mol. The van der Waals surface area contributed by atoms with E-state index >= 15 is 0 Å². The predicted molar refractivity (Wildman–Crippen MR) is 79.9 cm³/mol. The first-order valence-electron chi connectivity index (χ1n) is 7.19. The van der Waals surface area contributed by atoms with Gasteiger partial charge in [0.25, 0.3) is 5.69 Å². The van der Waals surface area contributed by atoms with Gasteiger partial charge in [0.1, 0.15) is 0 Å². The highest BCUT2D eigenvalue weighted by molar-refractivity contribution is 5.86. The monoisotopic (exact) mass is 292 g/mol. The van der Waals surface area contributed by atoms with Crippen LogP contribution in [0.15, 0.2) is 18.2 Å². The number of non-ortho nitro benzene ring substituents is 1. The largest absolute Gasteiger partial charge is 0.372 e. The van der Waals surface area contributed by atoms with Crippen molar-refractivity contribution in [3.63, 3.8) is 0 Å². The van der Waals surface area contributed by atoms with Gasteiger partial charge in [-0.2, -0.15) is 0 Å². The summed E-state index contributed by atoms with van der Waals surface area (Å²) >= 11 is 0. The van der Waals surface area contributed by atoms with Crippen molar-refractivity contribution < 1.29 is 14.5 Å². The second kappa shape index (κ2) is 6.67. The van der Waals surface area contributed by atoms with Crippen molar-refractivity contribution in [3.05, 3.63) is 33.9 Å². The SMILES string of the molecule is CCCC1CN(c2ccc([N+](=O)[O-])cc2C=O)CC(C)O1. The molecule has 2 atom stereocenters. The molecular formula is C15H20N2O4. The molecule has 0 spiro atoms. The summed E-state index contributed by atoms with van der Waals surface area (Å²) in [7, 11) is 0. The van der Waals surface area contributed by atoms with E-state index in [0.29, 0.717) is 24.9 Å². The van der Waals surface area contributed by atoms with Crippen LogP contribution in [0.5, 0.6) is 0 Å². The number of rotatable bonds is 5. The van der Waals surface area contributed by atoms with Gasteiger partial charge in [-0.3, -0.25) is 14.9 Å². The van der Waals surface area contributed by atoms with Gasteiger partial charge in [-0.1, -0.05) is 13.3 Å². The summed E-state index contributed by atoms with van der Waals surface area (Å²) in [6.07, 6.45) is 2.88. The van der Waals surface area contributed by atoms with E-state index < -0.39 is 4.92 Å². The van der Waals surface area contributed by atoms with Crippen LogP contribution in [0.4, 0.5) is 11.4 Å². The van der Waals surface area contributed by atoms with Gasteiger partial charge in [0.15, 0.2) is 6.29 Å². The van der Waals surface area contributed by atoms with Crippen molar-refractivity contribution in [3.8, 4) is 0 Å². The zero-order valence-electron chi connectivity index (χ0n) is 12.3. The number of benzene rings is 1. The third-order valence-electron chi connectivity index (χ3n) is 3.63. The van der Waals surface area contributed by atoms with Crippen LogP contribution in [0, 0.1) is 10.1 Å². The fourth-order valence-electron chi connectivity index (χ4n) is 2.76. The average Bonchev–Trinajstić information content (AvgIpc) is 2.46. The van der Waals surface area contributed by atoms with Gasteiger partial charge < -0.3 is 9.64 Å². The molecule has 1 aromatic carbocycles. The second-order valence-electron chi connectivity index (χ2n) is 5.38. The molecule has 0 aliphatic carbocycles. The van der Waals surface area contributed by atoms with Gasteiger partial charge >= 0.3 is 0 Å². The third-order valence-corrected chi connectivity index (χ3v) is 3.63. The number of nitrogens with zero attached hydrogens (tertiary/aromatic N) is 2. The number of nitro groups is 1. The molecule has 0 aromatic heterocycles. The van der Waals surface area contributed by atoms with Gasteiger partial charge in [0.05, 0.1) is 17.1 Å². The highest BCUT2D eigenvalue weighted by Crippen LogP contribution is 2.27. The molecule has 2 rings (SSSR count). The second-order valence-corrected chi connectivity index (χ2v) is 5.38. The van der Waals surface area contributed by atoms with E-state index in [-0.39, 0.29) is 17.9 Å². The molecule has 0 bridgehead atoms. The Labute approximate surface area is 123 Å². The maximum atomic E-state index is 11.3. The molecule has 1 heterocycles. The zero-order valence-corrected chi connectivity index (χ0v) is 12.3. The lowest BCUT2D eigenvalue weighted by molar-refractivity contribution is -0.384. The van der Waals surface area contributed by atoms with Crippen LogP contribution in [0.3, 0.4) is 0 Å². The Kier molecular flexibility index (Phi) is 4.90. The zero-order chi connectivity index (χ0) is 15.4. The van der Waals surface area contributed by atoms with Crippen LogP contribution in [0.2, 0.25) is 0 Å². The van der Waals surface area contributed by atoms with Crippen molar-refractivity contribution in [2.24, 2.45) is 0 Å². The molecular weight excluding hydrogens is 272 g/mol. The first kappa shape index (κ1) is 15.4. The Balaban J connectivity index is 2.27. The molecule has 2 unspecified atom stereocenters. The first-order valence-corrected chi connectivity index (χ1v) is 7.19. The lowest BCUT2D eigenvalue weighted by atomic mass is 10.1. The van der Waals surface area contributed by atoms with Crippen molar-refractivity contribution in [1.29, 1.82) is 0 Å². The molecule has 1 saturated heterocycles. The van der Waals surface area contributed by atoms with E-state index in [0.717, 1.165) is 18.5 Å². The van der Waals surface area contributed by atoms with Crippen LogP contribution >= 0.6 is 0 Å². The Morgan fingerprint density at radius 3 is 2.86 bits per heavy atom. The molecule has 1 fully saturated rings. The minimum Gasteiger partial charge on any atom is -0.372 e. The van der Waals surface area contributed by atoms with Crippen molar-refractivity contribution in [2.45, 2.75) is 38.9 Å². The van der Waals surface area contributed by atoms with Gasteiger partial charge in [-0.15, -0.1) is 0 Å². The molecule has 1 aliphatic rings. The van der Waals surface area contributed by atoms with Gasteiger partial charge in [0.2, 0.25) is 0 Å². The molecule has 0 amide bonds. The number of nitro benzene ring substituents is 1. The predicted octanol–water partition coefficient (Wildman–Crippen LogP) is 2.80. The lowest BCUT2D eigenvalue weighted by Gasteiger charge is -2.38. The summed E-state index contributed by atoms with van der Waals surface area (Å²) in [6.45, 7) is 5.49. The smallest absolute Gasteiger partial charge is 0.270 e. The Morgan fingerprint density at radius 1 is 1.48 bits per heavy atom. The number of anilines is 1. The van der Waals surface area contributed by atoms with Crippen LogP contribution in [0.25, 0.3) is 0 Å². The highest BCUT2D eigenvalue weighted by atomic mass is 16.6. The standard InChI is InChI=1S/C15H20N2O4/c1-3-4-14-9-16(8-11(2)21-14)15-6-5-13(17(19)20)7-12(15)10-18/h5-7,10-11,14H,3-4,8-9H2,1-2H3. The molecule has 1 aliphatic heterocycles. The van der Waals surface area contributed by atoms with Gasteiger partial charge in [-0.05, 0) is 19.4 Å². The van der Waals surface area contributed by atoms with Crippen molar-refractivity contribution in [2.75, 3.05) is 18.0 Å². The van der Waals surface area contributed by atoms with E-state index in [4.69, 9.17) is 4.74 Å². The van der Waals surface area contributed by atoms with Crippen molar-refractivity contribution in [1.82, 2.24) is 0 Å². The minimum absolute atomic E-state index is 0.0627. The Hall–Kier alpha value is -1.95. The molecule has 6 nitrogen and oxygen atoms in total. The molecule has 6 heteroatoms. The van der Waals surface area contributed by atoms with E-state index in [2.05, 4.69) is 11.8 Å². The first-order chi connectivity index (χ1) is 10.0. The quantitative estimate of drug-likeness (QED) is 0.474. The van der Waals surface area contributed by atoms with Crippen LogP contribution in [-0.4, -0.2) is 36.5 Å². The summed E-state index contributed by atoms with van der Waals surface area (Å²) in [4.78, 5) is 23.7. The fourth-order valence-corrected chi connectivity index (χ4v) is 2.76. The summed E-state index contributed by atoms with van der Waals surface area (Å²) in [5, 5.41) is 10.8. The topological polar surface area (TPSA) is 72.7 Å². The number of morpholine rings is 1. The Morgan fingerprint density at radius 2 is 2.24 bits per heavy atom. The molecule has 0 saturated carbocycles. The van der Waals surface area contributed by atoms with Crippen LogP contribution in [-0.2, 0) is 4.74 Å². The third kappa shape index (κ3) is 3.58. The number of hydrogen-bond donors (Lipinski definition) is 0. The maximum absolute atomic E-state index is 11.3. The fraction of sp³-hybridized carbons (Fsp3) is 0.533. The number of carbonyl (C=O) groups excluding carboxylic acids is 1. The van der Waals surface area contributed by atoms with Gasteiger partial charge in [0, 0.05) is 36.5 Å². The number of hydrogen-bond acceptors (Lipinski definition) is 5. The van der Waals surface area contributed by atoms with E-state index in [1.807, 2.05) is 6.92 Å². The molecule has 1 aromatic rings. The summed E-state index contributed by atoms with van der Waals surface area (Å²) < 4.78 is 5.88. The minimum atomic E-state index is -0.487. The summed E-state index contributed by atoms with van der Waals surface area (Å²) in [6, 6.07) is 4.43. The van der Waals surface area contributed by atoms with Gasteiger partial charge in [-0.25, -0.2) is 0 Å². The molecule has 0 N–H and O–H groups in total. The maximum Gasteiger partial charge on any atom is 0.270 e. The lowest BCUT2D eigenvalue weighted by Crippen LogP contribution is -2.47. The molecule has 21 heavy (non-hydrogen) atoms. The highest BCUT2D eigenvalue weighted by Gasteiger charge is 2.26. The number of aldehydes is 1.